The molecule has 0 radical (unpaired) electrons. The first-order valence-corrected chi connectivity index (χ1v) is 8.37. The molecule has 2 saturated heterocycles. The summed E-state index contributed by atoms with van der Waals surface area (Å²) in [6.07, 6.45) is 5.26. The molecule has 0 aromatic rings. The van der Waals surface area contributed by atoms with Gasteiger partial charge in [-0.15, -0.1) is 0 Å². The number of hydrogen-bond acceptors (Lipinski definition) is 3. The highest BCUT2D eigenvalue weighted by atomic mass is 16.2. The summed E-state index contributed by atoms with van der Waals surface area (Å²) in [4.78, 5) is 26.1. The Morgan fingerprint density at radius 3 is 2.29 bits per heavy atom. The lowest BCUT2D eigenvalue weighted by atomic mass is 9.89. The number of likely N-dealkylation sites (N-methyl/N-ethyl adjacent to an activating group) is 1. The van der Waals surface area contributed by atoms with Gasteiger partial charge in [0.15, 0.2) is 0 Å². The van der Waals surface area contributed by atoms with Gasteiger partial charge < -0.3 is 15.5 Å². The summed E-state index contributed by atoms with van der Waals surface area (Å²) in [5, 5.41) is 6.47. The first kappa shape index (κ1) is 16.3. The predicted molar refractivity (Wildman–Crippen MR) is 82.8 cm³/mol. The van der Waals surface area contributed by atoms with Gasteiger partial charge in [0.05, 0.1) is 0 Å². The number of nitrogens with zero attached hydrogens (tertiary/aromatic N) is 1. The maximum atomic E-state index is 12.2. The van der Waals surface area contributed by atoms with E-state index in [1.165, 1.54) is 12.8 Å². The van der Waals surface area contributed by atoms with Gasteiger partial charge in [0.2, 0.25) is 11.8 Å². The number of carbonyl (C=O) groups excluding carboxylic acids is 2. The fraction of sp³-hybridized carbons (Fsp3) is 0.875. The molecule has 21 heavy (non-hydrogen) atoms. The van der Waals surface area contributed by atoms with Crippen LogP contribution in [0.25, 0.3) is 0 Å². The van der Waals surface area contributed by atoms with Crippen molar-refractivity contribution in [2.24, 2.45) is 5.92 Å². The van der Waals surface area contributed by atoms with Gasteiger partial charge in [-0.25, -0.2) is 0 Å². The maximum absolute atomic E-state index is 12.2. The van der Waals surface area contributed by atoms with Gasteiger partial charge in [0.1, 0.15) is 6.04 Å². The molecule has 0 saturated carbocycles. The molecule has 2 aliphatic heterocycles. The van der Waals surface area contributed by atoms with Gasteiger partial charge in [0, 0.05) is 31.6 Å². The molecular weight excluding hydrogens is 266 g/mol. The van der Waals surface area contributed by atoms with E-state index in [-0.39, 0.29) is 11.8 Å². The molecule has 2 fully saturated rings. The SMILES string of the molecule is CCN(CC)C(=O)C(C)NC(=O)CC1CC2CCC(C1)N2. The molecule has 5 nitrogen and oxygen atoms in total. The van der Waals surface area contributed by atoms with Crippen molar-refractivity contribution in [3.05, 3.63) is 0 Å². The number of fused-ring (bicyclic) bond motifs is 2. The number of amides is 2. The minimum Gasteiger partial charge on any atom is -0.345 e. The van der Waals surface area contributed by atoms with E-state index in [4.69, 9.17) is 0 Å². The summed E-state index contributed by atoms with van der Waals surface area (Å²) in [7, 11) is 0. The zero-order chi connectivity index (χ0) is 15.4. The molecule has 2 rings (SSSR count). The van der Waals surface area contributed by atoms with Crippen molar-refractivity contribution in [1.29, 1.82) is 0 Å². The Morgan fingerprint density at radius 1 is 1.19 bits per heavy atom. The smallest absolute Gasteiger partial charge is 0.244 e. The highest BCUT2D eigenvalue weighted by Crippen LogP contribution is 2.32. The minimum atomic E-state index is -0.421. The lowest BCUT2D eigenvalue weighted by molar-refractivity contribution is -0.136. The number of hydrogen-bond donors (Lipinski definition) is 2. The van der Waals surface area contributed by atoms with Crippen LogP contribution in [0.1, 0.15) is 52.9 Å². The molecular formula is C16H29N3O2. The van der Waals surface area contributed by atoms with Crippen LogP contribution < -0.4 is 10.6 Å². The molecule has 2 bridgehead atoms. The molecule has 2 amide bonds. The van der Waals surface area contributed by atoms with Gasteiger partial charge >= 0.3 is 0 Å². The van der Waals surface area contributed by atoms with Crippen molar-refractivity contribution in [2.75, 3.05) is 13.1 Å². The number of rotatable bonds is 6. The fourth-order valence-corrected chi connectivity index (χ4v) is 3.78. The highest BCUT2D eigenvalue weighted by Gasteiger charge is 2.34. The van der Waals surface area contributed by atoms with Crippen LogP contribution >= 0.6 is 0 Å². The summed E-state index contributed by atoms with van der Waals surface area (Å²) in [6, 6.07) is 0.795. The summed E-state index contributed by atoms with van der Waals surface area (Å²) >= 11 is 0. The van der Waals surface area contributed by atoms with Crippen LogP contribution in [0, 0.1) is 5.92 Å². The lowest BCUT2D eigenvalue weighted by Gasteiger charge is -2.29. The van der Waals surface area contributed by atoms with Gasteiger partial charge in [-0.1, -0.05) is 0 Å². The van der Waals surface area contributed by atoms with Crippen molar-refractivity contribution in [2.45, 2.75) is 71.0 Å². The topological polar surface area (TPSA) is 61.4 Å². The largest absolute Gasteiger partial charge is 0.345 e. The van der Waals surface area contributed by atoms with Gasteiger partial charge in [-0.3, -0.25) is 9.59 Å². The molecule has 120 valence electrons. The summed E-state index contributed by atoms with van der Waals surface area (Å²) in [5.41, 5.74) is 0. The van der Waals surface area contributed by atoms with Crippen molar-refractivity contribution in [1.82, 2.24) is 15.5 Å². The number of piperidine rings is 1. The second-order valence-electron chi connectivity index (χ2n) is 6.48. The Morgan fingerprint density at radius 2 is 1.76 bits per heavy atom. The first-order chi connectivity index (χ1) is 10.0. The molecule has 5 heteroatoms. The Kier molecular flexibility index (Phi) is 5.62. The molecule has 3 unspecified atom stereocenters. The highest BCUT2D eigenvalue weighted by molar-refractivity contribution is 5.87. The second kappa shape index (κ2) is 7.25. The average Bonchev–Trinajstić information content (AvgIpc) is 2.78. The summed E-state index contributed by atoms with van der Waals surface area (Å²) < 4.78 is 0. The van der Waals surface area contributed by atoms with Crippen LogP contribution in [0.4, 0.5) is 0 Å². The monoisotopic (exact) mass is 295 g/mol. The van der Waals surface area contributed by atoms with Crippen LogP contribution in [-0.4, -0.2) is 47.9 Å². The molecule has 3 atom stereocenters. The van der Waals surface area contributed by atoms with E-state index in [2.05, 4.69) is 10.6 Å². The summed E-state index contributed by atoms with van der Waals surface area (Å²) in [5.74, 6) is 0.507. The van der Waals surface area contributed by atoms with E-state index in [9.17, 15) is 9.59 Å². The van der Waals surface area contributed by atoms with Crippen molar-refractivity contribution < 1.29 is 9.59 Å². The zero-order valence-electron chi connectivity index (χ0n) is 13.5. The van der Waals surface area contributed by atoms with E-state index in [1.54, 1.807) is 11.8 Å². The van der Waals surface area contributed by atoms with Crippen molar-refractivity contribution in [3.8, 4) is 0 Å². The van der Waals surface area contributed by atoms with Crippen LogP contribution in [-0.2, 0) is 9.59 Å². The van der Waals surface area contributed by atoms with Gasteiger partial charge in [-0.2, -0.15) is 0 Å². The van der Waals surface area contributed by atoms with Crippen molar-refractivity contribution >= 4 is 11.8 Å². The van der Waals surface area contributed by atoms with Gasteiger partial charge in [-0.05, 0) is 52.4 Å². The Balaban J connectivity index is 1.77. The van der Waals surface area contributed by atoms with Gasteiger partial charge in [0.25, 0.3) is 0 Å². The second-order valence-corrected chi connectivity index (χ2v) is 6.48. The van der Waals surface area contributed by atoms with Crippen molar-refractivity contribution in [3.63, 3.8) is 0 Å². The molecule has 0 aliphatic carbocycles. The number of carbonyl (C=O) groups is 2. The van der Waals surface area contributed by atoms with Crippen LogP contribution in [0.3, 0.4) is 0 Å². The molecule has 2 heterocycles. The third-order valence-corrected chi connectivity index (χ3v) is 4.87. The van der Waals surface area contributed by atoms with Crippen LogP contribution in [0.5, 0.6) is 0 Å². The summed E-state index contributed by atoms with van der Waals surface area (Å²) in [6.45, 7) is 7.08. The Bertz CT molecular complexity index is 370. The van der Waals surface area contributed by atoms with Crippen LogP contribution in [0.15, 0.2) is 0 Å². The first-order valence-electron chi connectivity index (χ1n) is 8.37. The molecule has 0 aromatic heterocycles. The minimum absolute atomic E-state index is 0.0127. The van der Waals surface area contributed by atoms with E-state index >= 15 is 0 Å². The zero-order valence-corrected chi connectivity index (χ0v) is 13.5. The Hall–Kier alpha value is -1.10. The standard InChI is InChI=1S/C16H29N3O2/c1-4-19(5-2)16(21)11(3)17-15(20)10-12-8-13-6-7-14(9-12)18-13/h11-14,18H,4-10H2,1-3H3,(H,17,20). The third kappa shape index (κ3) is 4.19. The normalized spacial score (nSPS) is 29.0. The molecule has 0 spiro atoms. The molecule has 2 N–H and O–H groups in total. The predicted octanol–water partition coefficient (Wildman–Crippen LogP) is 1.28. The fourth-order valence-electron chi connectivity index (χ4n) is 3.78. The Labute approximate surface area is 127 Å². The molecule has 0 aromatic carbocycles. The third-order valence-electron chi connectivity index (χ3n) is 4.87. The van der Waals surface area contributed by atoms with E-state index in [1.807, 2.05) is 13.8 Å². The van der Waals surface area contributed by atoms with E-state index in [0.717, 1.165) is 12.8 Å². The quantitative estimate of drug-likeness (QED) is 0.776. The lowest BCUT2D eigenvalue weighted by Crippen LogP contribution is -2.47. The van der Waals surface area contributed by atoms with E-state index in [0.29, 0.717) is 37.5 Å². The maximum Gasteiger partial charge on any atom is 0.244 e. The van der Waals surface area contributed by atoms with Crippen LogP contribution in [0.2, 0.25) is 0 Å². The average molecular weight is 295 g/mol. The molecule has 2 aliphatic rings. The van der Waals surface area contributed by atoms with E-state index < -0.39 is 6.04 Å². The number of nitrogens with one attached hydrogen (secondary N) is 2.